The number of benzene rings is 2. The number of amides is 1. The number of nitrogens with one attached hydrogen (secondary N) is 3. The highest BCUT2D eigenvalue weighted by atomic mass is 16.1. The molecule has 0 spiro atoms. The van der Waals surface area contributed by atoms with Crippen LogP contribution in [0.2, 0.25) is 0 Å². The molecule has 3 N–H and O–H groups in total. The molecule has 1 amide bonds. The van der Waals surface area contributed by atoms with Gasteiger partial charge in [-0.15, -0.1) is 0 Å². The number of hydrogen-bond acceptors (Lipinski definition) is 6. The fourth-order valence-corrected chi connectivity index (χ4v) is 5.55. The second-order valence-electron chi connectivity index (χ2n) is 12.3. The number of imidazole rings is 1. The van der Waals surface area contributed by atoms with Gasteiger partial charge in [0.15, 0.2) is 0 Å². The van der Waals surface area contributed by atoms with E-state index >= 15 is 0 Å². The van der Waals surface area contributed by atoms with Crippen molar-refractivity contribution in [1.29, 1.82) is 0 Å². The molecule has 0 saturated carbocycles. The molecule has 2 aliphatic rings. The second-order valence-corrected chi connectivity index (χ2v) is 12.3. The van der Waals surface area contributed by atoms with Crippen molar-refractivity contribution in [2.24, 2.45) is 0 Å². The van der Waals surface area contributed by atoms with Gasteiger partial charge in [-0.25, -0.2) is 4.52 Å². The van der Waals surface area contributed by atoms with Crippen molar-refractivity contribution >= 4 is 22.9 Å². The van der Waals surface area contributed by atoms with Gasteiger partial charge in [-0.05, 0) is 60.8 Å². The lowest BCUT2D eigenvalue weighted by Crippen LogP contribution is -2.44. The Hall–Kier alpha value is -3.66. The summed E-state index contributed by atoms with van der Waals surface area (Å²) in [5.41, 5.74) is 14.3. The average Bonchev–Trinajstić information content (AvgIpc) is 3.67. The molecule has 40 heavy (non-hydrogen) atoms. The summed E-state index contributed by atoms with van der Waals surface area (Å²) in [5.74, 6) is 0.251. The molecular formula is C31H40N8O. The molecule has 4 heterocycles. The number of fused-ring (bicyclic) bond motifs is 1. The molecule has 210 valence electrons. The maximum atomic E-state index is 13.7. The highest BCUT2D eigenvalue weighted by Gasteiger charge is 2.23. The van der Waals surface area contributed by atoms with Gasteiger partial charge in [0.05, 0.1) is 11.4 Å². The fraction of sp³-hybridized carbons (Fsp3) is 0.419. The van der Waals surface area contributed by atoms with E-state index in [-0.39, 0.29) is 11.3 Å². The first-order valence-corrected chi connectivity index (χ1v) is 14.2. The molecule has 6 rings (SSSR count). The smallest absolute Gasteiger partial charge is 0.255 e. The van der Waals surface area contributed by atoms with Crippen molar-refractivity contribution in [3.05, 3.63) is 77.2 Å². The molecule has 2 aromatic heterocycles. The summed E-state index contributed by atoms with van der Waals surface area (Å²) < 4.78 is 4.07. The van der Waals surface area contributed by atoms with Gasteiger partial charge in [0.25, 0.3) is 5.91 Å². The average molecular weight is 541 g/mol. The van der Waals surface area contributed by atoms with Crippen LogP contribution in [0.15, 0.2) is 54.9 Å². The van der Waals surface area contributed by atoms with Crippen LogP contribution < -0.4 is 21.1 Å². The molecule has 2 aromatic carbocycles. The molecule has 9 heteroatoms. The third-order valence-electron chi connectivity index (χ3n) is 8.22. The number of rotatable bonds is 5. The van der Waals surface area contributed by atoms with Gasteiger partial charge in [0.2, 0.25) is 0 Å². The number of aromatic nitrogens is 3. The van der Waals surface area contributed by atoms with Crippen LogP contribution in [0.3, 0.4) is 0 Å². The lowest BCUT2D eigenvalue weighted by Gasteiger charge is -2.35. The molecule has 2 fully saturated rings. The van der Waals surface area contributed by atoms with Crippen LogP contribution in [-0.2, 0) is 5.41 Å². The number of carbonyl (C=O) groups excluding carboxylic acids is 1. The SMILES string of the molecule is Cc1ccc(NC(=O)c2cc(N3CCN(C)CC3)cc(C(C)(C)C)c2)cc1-n1ccn2nc(C3CNNC3)cc12. The standard InChI is InChI=1S/C31H40N8O/c1-21-6-7-25(17-28(21)38-12-13-39-29(38)18-27(35-39)23-19-32-33-20-23)34-30(40)22-14-24(31(2,3)4)16-26(15-22)37-10-8-36(5)9-11-37/h6-7,12-18,23,32-33H,8-11,19-20H2,1-5H3,(H,34,40). The topological polar surface area (TPSA) is 81.9 Å². The lowest BCUT2D eigenvalue weighted by molar-refractivity contribution is 0.102. The van der Waals surface area contributed by atoms with E-state index in [1.54, 1.807) is 0 Å². The zero-order valence-electron chi connectivity index (χ0n) is 24.2. The minimum atomic E-state index is -0.0955. The summed E-state index contributed by atoms with van der Waals surface area (Å²) in [5, 5.41) is 7.98. The van der Waals surface area contributed by atoms with Crippen molar-refractivity contribution in [1.82, 2.24) is 29.9 Å². The van der Waals surface area contributed by atoms with Crippen molar-refractivity contribution in [3.63, 3.8) is 0 Å². The summed E-state index contributed by atoms with van der Waals surface area (Å²) in [4.78, 5) is 18.4. The summed E-state index contributed by atoms with van der Waals surface area (Å²) >= 11 is 0. The van der Waals surface area contributed by atoms with Gasteiger partial charge in [-0.1, -0.05) is 26.8 Å². The van der Waals surface area contributed by atoms with Crippen LogP contribution in [-0.4, -0.2) is 71.3 Å². The minimum Gasteiger partial charge on any atom is -0.369 e. The highest BCUT2D eigenvalue weighted by molar-refractivity contribution is 6.05. The number of likely N-dealkylation sites (N-methyl/N-ethyl adjacent to an activating group) is 1. The molecule has 2 aliphatic heterocycles. The number of carbonyl (C=O) groups is 1. The predicted octanol–water partition coefficient (Wildman–Crippen LogP) is 3.93. The Morgan fingerprint density at radius 2 is 1.73 bits per heavy atom. The molecule has 0 radical (unpaired) electrons. The Morgan fingerprint density at radius 1 is 0.975 bits per heavy atom. The van der Waals surface area contributed by atoms with E-state index < -0.39 is 0 Å². The second kappa shape index (κ2) is 10.4. The van der Waals surface area contributed by atoms with Crippen LogP contribution in [0.4, 0.5) is 11.4 Å². The Balaban J connectivity index is 1.29. The number of hydrazine groups is 1. The Kier molecular flexibility index (Phi) is 6.90. The Morgan fingerprint density at radius 3 is 2.45 bits per heavy atom. The van der Waals surface area contributed by atoms with Crippen LogP contribution in [0.5, 0.6) is 0 Å². The van der Waals surface area contributed by atoms with E-state index in [1.165, 1.54) is 0 Å². The number of piperazine rings is 1. The van der Waals surface area contributed by atoms with E-state index in [2.05, 4.69) is 83.5 Å². The van der Waals surface area contributed by atoms with Crippen molar-refractivity contribution in [2.45, 2.75) is 39.0 Å². The minimum absolute atomic E-state index is 0.0663. The Labute approximate surface area is 236 Å². The summed E-state index contributed by atoms with van der Waals surface area (Å²) in [7, 11) is 2.16. The maximum Gasteiger partial charge on any atom is 0.255 e. The molecule has 0 bridgehead atoms. The number of anilines is 2. The number of nitrogens with zero attached hydrogens (tertiary/aromatic N) is 5. The molecule has 2 saturated heterocycles. The zero-order valence-corrected chi connectivity index (χ0v) is 24.2. The number of hydrogen-bond donors (Lipinski definition) is 3. The summed E-state index contributed by atoms with van der Waals surface area (Å²) in [6.45, 7) is 14.4. The fourth-order valence-electron chi connectivity index (χ4n) is 5.55. The largest absolute Gasteiger partial charge is 0.369 e. The Bertz CT molecular complexity index is 1530. The normalized spacial score (nSPS) is 17.2. The van der Waals surface area contributed by atoms with E-state index in [0.717, 1.165) is 78.8 Å². The van der Waals surface area contributed by atoms with Gasteiger partial charge in [0.1, 0.15) is 5.65 Å². The molecular weight excluding hydrogens is 500 g/mol. The third-order valence-corrected chi connectivity index (χ3v) is 8.22. The van der Waals surface area contributed by atoms with E-state index in [4.69, 9.17) is 5.10 Å². The first-order valence-electron chi connectivity index (χ1n) is 14.2. The van der Waals surface area contributed by atoms with Gasteiger partial charge in [-0.2, -0.15) is 5.10 Å². The first kappa shape index (κ1) is 26.6. The zero-order chi connectivity index (χ0) is 28.0. The molecule has 0 aliphatic carbocycles. The third kappa shape index (κ3) is 5.24. The monoisotopic (exact) mass is 540 g/mol. The van der Waals surface area contributed by atoms with Crippen LogP contribution in [0, 0.1) is 6.92 Å². The van der Waals surface area contributed by atoms with Crippen molar-refractivity contribution < 1.29 is 4.79 Å². The molecule has 0 unspecified atom stereocenters. The molecule has 4 aromatic rings. The molecule has 0 atom stereocenters. The highest BCUT2D eigenvalue weighted by Crippen LogP contribution is 2.30. The van der Waals surface area contributed by atoms with Gasteiger partial charge < -0.3 is 15.1 Å². The summed E-state index contributed by atoms with van der Waals surface area (Å²) in [6.07, 6.45) is 4.01. The first-order chi connectivity index (χ1) is 19.2. The van der Waals surface area contributed by atoms with Crippen molar-refractivity contribution in [2.75, 3.05) is 56.5 Å². The van der Waals surface area contributed by atoms with Gasteiger partial charge >= 0.3 is 0 Å². The van der Waals surface area contributed by atoms with E-state index in [9.17, 15) is 4.79 Å². The summed E-state index contributed by atoms with van der Waals surface area (Å²) in [6, 6.07) is 14.6. The predicted molar refractivity (Wildman–Crippen MR) is 161 cm³/mol. The van der Waals surface area contributed by atoms with E-state index in [1.807, 2.05) is 41.2 Å². The van der Waals surface area contributed by atoms with Crippen LogP contribution in [0.1, 0.15) is 53.9 Å². The van der Waals surface area contributed by atoms with Crippen LogP contribution >= 0.6 is 0 Å². The molecule has 9 nitrogen and oxygen atoms in total. The van der Waals surface area contributed by atoms with Crippen molar-refractivity contribution in [3.8, 4) is 5.69 Å². The number of aryl methyl sites for hydroxylation is 1. The maximum absolute atomic E-state index is 13.7. The van der Waals surface area contributed by atoms with Gasteiger partial charge in [0, 0.05) is 80.6 Å². The van der Waals surface area contributed by atoms with Gasteiger partial charge in [-0.3, -0.25) is 20.2 Å². The quantitative estimate of drug-likeness (QED) is 0.356. The van der Waals surface area contributed by atoms with Crippen LogP contribution in [0.25, 0.3) is 11.3 Å². The lowest BCUT2D eigenvalue weighted by atomic mass is 9.85. The van der Waals surface area contributed by atoms with E-state index in [0.29, 0.717) is 11.5 Å².